The molecule has 4 aromatic rings. The predicted octanol–water partition coefficient (Wildman–Crippen LogP) is 6.81. The lowest BCUT2D eigenvalue weighted by Crippen LogP contribution is -2.29. The lowest BCUT2D eigenvalue weighted by molar-refractivity contribution is -0.112. The van der Waals surface area contributed by atoms with Crippen molar-refractivity contribution in [3.63, 3.8) is 0 Å². The molecule has 5 rings (SSSR count). The Bertz CT molecular complexity index is 1490. The molecule has 9 heteroatoms. The number of hydrogen-bond donors (Lipinski definition) is 1. The summed E-state index contributed by atoms with van der Waals surface area (Å²) in [6.07, 6.45) is 2.22. The molecule has 6 nitrogen and oxygen atoms in total. The lowest BCUT2D eigenvalue weighted by Gasteiger charge is -2.25. The molecular formula is C27H20Cl2N4O2S. The highest BCUT2D eigenvalue weighted by atomic mass is 35.5. The summed E-state index contributed by atoms with van der Waals surface area (Å²) in [6, 6.07) is 20.8. The Morgan fingerprint density at radius 3 is 2.81 bits per heavy atom. The van der Waals surface area contributed by atoms with Gasteiger partial charge in [0.15, 0.2) is 5.13 Å². The van der Waals surface area contributed by atoms with E-state index in [-0.39, 0.29) is 5.57 Å². The maximum atomic E-state index is 12.8. The van der Waals surface area contributed by atoms with Crippen LogP contribution in [0.25, 0.3) is 17.4 Å². The zero-order valence-corrected chi connectivity index (χ0v) is 21.3. The number of aromatic nitrogens is 1. The number of furan rings is 1. The van der Waals surface area contributed by atoms with Crippen LogP contribution in [0.4, 0.5) is 5.13 Å². The third-order valence-corrected chi connectivity index (χ3v) is 7.30. The van der Waals surface area contributed by atoms with E-state index >= 15 is 0 Å². The fourth-order valence-electron chi connectivity index (χ4n) is 4.00. The number of nitriles is 1. The molecule has 0 atom stereocenters. The van der Waals surface area contributed by atoms with E-state index in [0.717, 1.165) is 36.6 Å². The van der Waals surface area contributed by atoms with Crippen molar-refractivity contribution in [2.45, 2.75) is 19.5 Å². The van der Waals surface area contributed by atoms with Crippen LogP contribution in [0.5, 0.6) is 0 Å². The number of amides is 1. The van der Waals surface area contributed by atoms with E-state index in [2.05, 4.69) is 27.3 Å². The fourth-order valence-corrected chi connectivity index (χ4v) is 5.55. The van der Waals surface area contributed by atoms with Gasteiger partial charge in [-0.15, -0.1) is 11.3 Å². The van der Waals surface area contributed by atoms with Gasteiger partial charge in [0.05, 0.1) is 10.7 Å². The quantitative estimate of drug-likeness (QED) is 0.217. The van der Waals surface area contributed by atoms with Crippen LogP contribution in [-0.2, 0) is 24.3 Å². The third-order valence-electron chi connectivity index (χ3n) is 5.75. The summed E-state index contributed by atoms with van der Waals surface area (Å²) in [6.45, 7) is 2.55. The SMILES string of the molecule is N#C/C(=C/c1ccc(-c2ccc(Cl)cc2Cl)o1)C(=O)Nc1nc2c(s1)CN(Cc1ccccc1)CC2. The van der Waals surface area contributed by atoms with Gasteiger partial charge in [-0.3, -0.25) is 15.0 Å². The molecule has 0 unspecified atom stereocenters. The highest BCUT2D eigenvalue weighted by molar-refractivity contribution is 7.15. The number of anilines is 1. The van der Waals surface area contributed by atoms with E-state index in [1.807, 2.05) is 24.3 Å². The Hall–Kier alpha value is -3.41. The Balaban J connectivity index is 1.26. The van der Waals surface area contributed by atoms with Gasteiger partial charge in [0.1, 0.15) is 23.2 Å². The Morgan fingerprint density at radius 2 is 2.03 bits per heavy atom. The van der Waals surface area contributed by atoms with Gasteiger partial charge >= 0.3 is 0 Å². The highest BCUT2D eigenvalue weighted by Gasteiger charge is 2.22. The molecule has 36 heavy (non-hydrogen) atoms. The lowest BCUT2D eigenvalue weighted by atomic mass is 10.1. The minimum atomic E-state index is -0.535. The summed E-state index contributed by atoms with van der Waals surface area (Å²) >= 11 is 13.7. The summed E-state index contributed by atoms with van der Waals surface area (Å²) < 4.78 is 5.80. The Kier molecular flexibility index (Phi) is 7.21. The van der Waals surface area contributed by atoms with Crippen LogP contribution in [0.2, 0.25) is 10.0 Å². The van der Waals surface area contributed by atoms with E-state index in [1.165, 1.54) is 23.0 Å². The summed E-state index contributed by atoms with van der Waals surface area (Å²) in [5.41, 5.74) is 2.84. The topological polar surface area (TPSA) is 82.2 Å². The molecule has 3 heterocycles. The standard InChI is InChI=1S/C27H20Cl2N4O2S/c28-19-6-8-21(22(29)13-19)24-9-7-20(35-24)12-18(14-30)26(34)32-27-31-23-10-11-33(16-25(23)36-27)15-17-4-2-1-3-5-17/h1-9,12-13H,10-11,15-16H2,(H,31,32,34)/b18-12-. The number of carbonyl (C=O) groups excluding carboxylic acids is 1. The summed E-state index contributed by atoms with van der Waals surface area (Å²) in [4.78, 5) is 20.9. The van der Waals surface area contributed by atoms with Crippen molar-refractivity contribution >= 4 is 51.7 Å². The van der Waals surface area contributed by atoms with Gasteiger partial charge in [-0.25, -0.2) is 4.98 Å². The van der Waals surface area contributed by atoms with E-state index in [1.54, 1.807) is 30.3 Å². The zero-order chi connectivity index (χ0) is 25.1. The number of benzene rings is 2. The number of nitrogens with zero attached hydrogens (tertiary/aromatic N) is 3. The molecule has 0 radical (unpaired) electrons. The molecule has 1 N–H and O–H groups in total. The molecule has 1 aliphatic rings. The van der Waals surface area contributed by atoms with Crippen LogP contribution >= 0.6 is 34.5 Å². The minimum Gasteiger partial charge on any atom is -0.457 e. The smallest absolute Gasteiger partial charge is 0.268 e. The first-order valence-electron chi connectivity index (χ1n) is 11.2. The summed E-state index contributed by atoms with van der Waals surface area (Å²) in [5.74, 6) is 0.332. The number of halogens is 2. The average molecular weight is 535 g/mol. The second-order valence-corrected chi connectivity index (χ2v) is 10.2. The monoisotopic (exact) mass is 534 g/mol. The van der Waals surface area contributed by atoms with Crippen molar-refractivity contribution in [3.05, 3.63) is 98.2 Å². The molecule has 1 amide bonds. The van der Waals surface area contributed by atoms with Crippen molar-refractivity contribution in [2.24, 2.45) is 0 Å². The predicted molar refractivity (Wildman–Crippen MR) is 143 cm³/mol. The van der Waals surface area contributed by atoms with Gasteiger partial charge < -0.3 is 4.42 Å². The first-order valence-corrected chi connectivity index (χ1v) is 12.8. The van der Waals surface area contributed by atoms with Crippen LogP contribution < -0.4 is 5.32 Å². The van der Waals surface area contributed by atoms with Crippen molar-refractivity contribution in [3.8, 4) is 17.4 Å². The molecule has 2 aromatic carbocycles. The van der Waals surface area contributed by atoms with Gasteiger partial charge in [0, 0.05) is 47.6 Å². The van der Waals surface area contributed by atoms with Crippen molar-refractivity contribution < 1.29 is 9.21 Å². The van der Waals surface area contributed by atoms with Crippen LogP contribution in [0.3, 0.4) is 0 Å². The zero-order valence-electron chi connectivity index (χ0n) is 19.0. The second kappa shape index (κ2) is 10.7. The number of hydrogen-bond acceptors (Lipinski definition) is 6. The maximum Gasteiger partial charge on any atom is 0.268 e. The van der Waals surface area contributed by atoms with Crippen LogP contribution in [-0.4, -0.2) is 22.3 Å². The largest absolute Gasteiger partial charge is 0.457 e. The molecule has 1 aliphatic heterocycles. The molecule has 0 bridgehead atoms. The molecule has 180 valence electrons. The van der Waals surface area contributed by atoms with Crippen molar-refractivity contribution in [2.75, 3.05) is 11.9 Å². The third kappa shape index (κ3) is 5.53. The second-order valence-electron chi connectivity index (χ2n) is 8.29. The average Bonchev–Trinajstić information content (AvgIpc) is 3.49. The maximum absolute atomic E-state index is 12.8. The number of carbonyl (C=O) groups is 1. The van der Waals surface area contributed by atoms with E-state index in [9.17, 15) is 10.1 Å². The molecule has 0 aliphatic carbocycles. The first kappa shape index (κ1) is 24.3. The number of nitrogens with one attached hydrogen (secondary N) is 1. The van der Waals surface area contributed by atoms with Gasteiger partial charge in [-0.1, -0.05) is 53.5 Å². The van der Waals surface area contributed by atoms with Gasteiger partial charge in [0.2, 0.25) is 0 Å². The van der Waals surface area contributed by atoms with Crippen molar-refractivity contribution in [1.29, 1.82) is 5.26 Å². The molecule has 0 spiro atoms. The van der Waals surface area contributed by atoms with E-state index < -0.39 is 5.91 Å². The fraction of sp³-hybridized carbons (Fsp3) is 0.148. The first-order chi connectivity index (χ1) is 17.5. The van der Waals surface area contributed by atoms with Gasteiger partial charge in [-0.2, -0.15) is 5.26 Å². The molecule has 0 fully saturated rings. The van der Waals surface area contributed by atoms with Crippen LogP contribution in [0.15, 0.2) is 70.7 Å². The van der Waals surface area contributed by atoms with E-state index in [0.29, 0.717) is 32.3 Å². The minimum absolute atomic E-state index is 0.0861. The Morgan fingerprint density at radius 1 is 1.19 bits per heavy atom. The van der Waals surface area contributed by atoms with Crippen LogP contribution in [0.1, 0.15) is 21.9 Å². The summed E-state index contributed by atoms with van der Waals surface area (Å²) in [7, 11) is 0. The molecule has 2 aromatic heterocycles. The molecular weight excluding hydrogens is 515 g/mol. The summed E-state index contributed by atoms with van der Waals surface area (Å²) in [5, 5.41) is 13.8. The van der Waals surface area contributed by atoms with Gasteiger partial charge in [0.25, 0.3) is 5.91 Å². The molecule has 0 saturated heterocycles. The van der Waals surface area contributed by atoms with Crippen molar-refractivity contribution in [1.82, 2.24) is 9.88 Å². The normalized spacial score (nSPS) is 13.8. The number of fused-ring (bicyclic) bond motifs is 1. The molecule has 0 saturated carbocycles. The highest BCUT2D eigenvalue weighted by Crippen LogP contribution is 2.32. The van der Waals surface area contributed by atoms with E-state index in [4.69, 9.17) is 27.6 Å². The number of rotatable bonds is 6. The Labute approximate surface area is 222 Å². The van der Waals surface area contributed by atoms with Gasteiger partial charge in [-0.05, 0) is 35.9 Å². The van der Waals surface area contributed by atoms with Crippen LogP contribution in [0, 0.1) is 11.3 Å². The number of thiazole rings is 1.